The molecular formula is C56H36N6. The summed E-state index contributed by atoms with van der Waals surface area (Å²) in [6, 6.07) is 77.7. The maximum atomic E-state index is 5.22. The van der Waals surface area contributed by atoms with Gasteiger partial charge in [0, 0.05) is 60.5 Å². The van der Waals surface area contributed by atoms with Crippen LogP contribution in [0.25, 0.3) is 111 Å². The number of fused-ring (bicyclic) bond motifs is 10. The molecule has 9 aromatic carbocycles. The van der Waals surface area contributed by atoms with Crippen LogP contribution in [0.15, 0.2) is 218 Å². The molecule has 0 radical (unpaired) electrons. The molecule has 0 amide bonds. The van der Waals surface area contributed by atoms with Gasteiger partial charge in [0.15, 0.2) is 11.6 Å². The molecule has 6 heteroatoms. The number of benzene rings is 9. The van der Waals surface area contributed by atoms with Crippen molar-refractivity contribution in [3.8, 4) is 45.5 Å². The average Bonchev–Trinajstić information content (AvgIpc) is 4.11. The molecule has 0 fully saturated rings. The summed E-state index contributed by atoms with van der Waals surface area (Å²) < 4.78 is 9.30. The van der Waals surface area contributed by atoms with Crippen molar-refractivity contribution in [3.63, 3.8) is 0 Å². The van der Waals surface area contributed by atoms with Crippen molar-refractivity contribution in [2.45, 2.75) is 0 Å². The molecule has 0 spiro atoms. The molecule has 0 N–H and O–H groups in total. The molecule has 0 saturated carbocycles. The Balaban J connectivity index is 1.05. The summed E-state index contributed by atoms with van der Waals surface area (Å²) in [5, 5.41) is 12.4. The predicted molar refractivity (Wildman–Crippen MR) is 255 cm³/mol. The predicted octanol–water partition coefficient (Wildman–Crippen LogP) is 13.9. The minimum absolute atomic E-state index is 0.686. The first kappa shape index (κ1) is 34.4. The molecule has 0 bridgehead atoms. The lowest BCUT2D eigenvalue weighted by Crippen LogP contribution is -2.01. The highest BCUT2D eigenvalue weighted by Crippen LogP contribution is 2.43. The summed E-state index contributed by atoms with van der Waals surface area (Å²) in [7, 11) is 0. The highest BCUT2D eigenvalue weighted by Gasteiger charge is 2.23. The molecular weight excluding hydrogens is 757 g/mol. The number of para-hydroxylation sites is 4. The monoisotopic (exact) mass is 792 g/mol. The minimum atomic E-state index is 0.686. The summed E-state index contributed by atoms with van der Waals surface area (Å²) in [5.41, 5.74) is 13.2. The van der Waals surface area contributed by atoms with Gasteiger partial charge in [0.2, 0.25) is 0 Å². The summed E-state index contributed by atoms with van der Waals surface area (Å²) in [6.07, 6.45) is 0. The van der Waals surface area contributed by atoms with Gasteiger partial charge in [0.25, 0.3) is 0 Å². The molecule has 0 aliphatic carbocycles. The van der Waals surface area contributed by atoms with Crippen molar-refractivity contribution in [2.24, 2.45) is 0 Å². The molecule has 0 atom stereocenters. The fourth-order valence-corrected chi connectivity index (χ4v) is 9.82. The first-order valence-corrected chi connectivity index (χ1v) is 21.0. The van der Waals surface area contributed by atoms with Gasteiger partial charge >= 0.3 is 0 Å². The highest BCUT2D eigenvalue weighted by molar-refractivity contribution is 6.26. The Hall–Kier alpha value is -8.48. The van der Waals surface area contributed by atoms with Crippen LogP contribution in [0.5, 0.6) is 0 Å². The molecule has 0 saturated heterocycles. The summed E-state index contributed by atoms with van der Waals surface area (Å²) in [6.45, 7) is 0. The number of rotatable bonds is 6. The van der Waals surface area contributed by atoms with Gasteiger partial charge in [-0.1, -0.05) is 152 Å². The van der Waals surface area contributed by atoms with E-state index in [-0.39, 0.29) is 0 Å². The second-order valence-electron chi connectivity index (χ2n) is 15.8. The quantitative estimate of drug-likeness (QED) is 0.168. The third-order valence-corrected chi connectivity index (χ3v) is 12.4. The first-order valence-electron chi connectivity index (χ1n) is 21.0. The largest absolute Gasteiger partial charge is 0.309 e. The van der Waals surface area contributed by atoms with Crippen molar-refractivity contribution in [2.75, 3.05) is 0 Å². The maximum absolute atomic E-state index is 5.22. The first-order chi connectivity index (χ1) is 30.8. The van der Waals surface area contributed by atoms with E-state index in [0.29, 0.717) is 5.82 Å². The Labute approximate surface area is 356 Å². The molecule has 4 heterocycles. The zero-order valence-corrected chi connectivity index (χ0v) is 33.5. The van der Waals surface area contributed by atoms with E-state index in [1.54, 1.807) is 0 Å². The fourth-order valence-electron chi connectivity index (χ4n) is 9.82. The van der Waals surface area contributed by atoms with Crippen molar-refractivity contribution in [1.82, 2.24) is 28.5 Å². The molecule has 13 aromatic rings. The maximum Gasteiger partial charge on any atom is 0.182 e. The van der Waals surface area contributed by atoms with Gasteiger partial charge in [0.1, 0.15) is 0 Å². The van der Waals surface area contributed by atoms with Crippen LogP contribution in [0.1, 0.15) is 0 Å². The van der Waals surface area contributed by atoms with Gasteiger partial charge in [-0.3, -0.25) is 0 Å². The van der Waals surface area contributed by atoms with Crippen molar-refractivity contribution < 1.29 is 0 Å². The van der Waals surface area contributed by atoms with Crippen LogP contribution >= 0.6 is 0 Å². The van der Waals surface area contributed by atoms with E-state index in [4.69, 9.17) is 10.1 Å². The van der Waals surface area contributed by atoms with Crippen molar-refractivity contribution in [1.29, 1.82) is 0 Å². The smallest absolute Gasteiger partial charge is 0.182 e. The standard InChI is InChI=1S/C56H36N6/c1-4-18-37(19-5-1)55-57-56(38-20-6-2-7-21-38)62(58-55)51-33-17-32-49-52(51)44-27-11-14-30-47(44)59(49)40-24-16-25-41(36-40)60-48-31-15-12-28-45(48)53-50(60)35-34-43-42-26-10-13-29-46(42)61(54(43)53)39-22-8-3-9-23-39/h1-36H. The Morgan fingerprint density at radius 3 is 1.50 bits per heavy atom. The van der Waals surface area contributed by atoms with E-state index < -0.39 is 0 Å². The van der Waals surface area contributed by atoms with Crippen LogP contribution < -0.4 is 0 Å². The molecule has 13 rings (SSSR count). The van der Waals surface area contributed by atoms with E-state index in [1.807, 2.05) is 28.9 Å². The summed E-state index contributed by atoms with van der Waals surface area (Å²) in [4.78, 5) is 5.16. The third-order valence-electron chi connectivity index (χ3n) is 12.4. The Morgan fingerprint density at radius 2 is 0.823 bits per heavy atom. The van der Waals surface area contributed by atoms with E-state index in [2.05, 4.69) is 208 Å². The van der Waals surface area contributed by atoms with E-state index in [0.717, 1.165) is 72.5 Å². The van der Waals surface area contributed by atoms with Crippen LogP contribution in [-0.4, -0.2) is 28.5 Å². The lowest BCUT2D eigenvalue weighted by molar-refractivity contribution is 0.898. The van der Waals surface area contributed by atoms with E-state index in [1.165, 1.54) is 32.6 Å². The second-order valence-corrected chi connectivity index (χ2v) is 15.8. The zero-order chi connectivity index (χ0) is 40.7. The Morgan fingerprint density at radius 1 is 0.323 bits per heavy atom. The Bertz CT molecular complexity index is 3850. The second kappa shape index (κ2) is 13.5. The van der Waals surface area contributed by atoms with Gasteiger partial charge in [-0.2, -0.15) is 0 Å². The van der Waals surface area contributed by atoms with Crippen molar-refractivity contribution in [3.05, 3.63) is 218 Å². The number of nitrogens with zero attached hydrogens (tertiary/aromatic N) is 6. The third kappa shape index (κ3) is 5.04. The van der Waals surface area contributed by atoms with Crippen LogP contribution in [0.2, 0.25) is 0 Å². The van der Waals surface area contributed by atoms with Gasteiger partial charge in [-0.25, -0.2) is 9.67 Å². The summed E-state index contributed by atoms with van der Waals surface area (Å²) >= 11 is 0. The molecule has 290 valence electrons. The number of hydrogen-bond donors (Lipinski definition) is 0. The SMILES string of the molecule is c1ccc(-c2nc(-c3ccccc3)n(-c3cccc4c3c3ccccc3n4-c3cccc(-n4c5ccccc5c5c4ccc4c6ccccc6n(-c6ccccc6)c45)c3)n2)cc1. The lowest BCUT2D eigenvalue weighted by atomic mass is 10.1. The molecule has 6 nitrogen and oxygen atoms in total. The van der Waals surface area contributed by atoms with Crippen LogP contribution in [0.3, 0.4) is 0 Å². The summed E-state index contributed by atoms with van der Waals surface area (Å²) in [5.74, 6) is 1.48. The lowest BCUT2D eigenvalue weighted by Gasteiger charge is -2.13. The number of aromatic nitrogens is 6. The van der Waals surface area contributed by atoms with Gasteiger partial charge in [-0.15, -0.1) is 5.10 Å². The van der Waals surface area contributed by atoms with Crippen LogP contribution in [-0.2, 0) is 0 Å². The van der Waals surface area contributed by atoms with Gasteiger partial charge < -0.3 is 13.7 Å². The zero-order valence-electron chi connectivity index (χ0n) is 33.5. The average molecular weight is 793 g/mol. The fraction of sp³-hybridized carbons (Fsp3) is 0. The van der Waals surface area contributed by atoms with Gasteiger partial charge in [-0.05, 0) is 66.7 Å². The van der Waals surface area contributed by atoms with Crippen LogP contribution in [0.4, 0.5) is 0 Å². The Kier molecular flexibility index (Phi) is 7.50. The molecule has 0 aliphatic heterocycles. The normalized spacial score (nSPS) is 11.9. The molecule has 4 aromatic heterocycles. The van der Waals surface area contributed by atoms with E-state index in [9.17, 15) is 0 Å². The topological polar surface area (TPSA) is 45.5 Å². The van der Waals surface area contributed by atoms with Gasteiger partial charge in [0.05, 0.1) is 38.8 Å². The van der Waals surface area contributed by atoms with Crippen molar-refractivity contribution >= 4 is 65.4 Å². The molecule has 62 heavy (non-hydrogen) atoms. The highest BCUT2D eigenvalue weighted by atomic mass is 15.4. The van der Waals surface area contributed by atoms with Crippen LogP contribution in [0, 0.1) is 0 Å². The molecule has 0 aliphatic rings. The molecule has 0 unspecified atom stereocenters. The van der Waals surface area contributed by atoms with E-state index >= 15 is 0 Å². The number of hydrogen-bond acceptors (Lipinski definition) is 2. The minimum Gasteiger partial charge on any atom is -0.309 e.